The first-order chi connectivity index (χ1) is 10.1. The van der Waals surface area contributed by atoms with Crippen molar-refractivity contribution in [2.24, 2.45) is 0 Å². The smallest absolute Gasteiger partial charge is 0.255 e. The van der Waals surface area contributed by atoms with Gasteiger partial charge < -0.3 is 9.30 Å². The fourth-order valence-corrected chi connectivity index (χ4v) is 2.52. The van der Waals surface area contributed by atoms with Crippen LogP contribution in [-0.4, -0.2) is 11.7 Å². The Morgan fingerprint density at radius 2 is 1.86 bits per heavy atom. The van der Waals surface area contributed by atoms with Gasteiger partial charge in [0.15, 0.2) is 0 Å². The molecule has 0 aliphatic carbocycles. The molecular formula is C17H20ClNO2. The summed E-state index contributed by atoms with van der Waals surface area (Å²) in [5.74, 6) is 1.03. The molecule has 112 valence electrons. The summed E-state index contributed by atoms with van der Waals surface area (Å²) in [6.45, 7) is 4.12. The van der Waals surface area contributed by atoms with Crippen molar-refractivity contribution in [1.82, 2.24) is 4.57 Å². The Bertz CT molecular complexity index is 661. The lowest BCUT2D eigenvalue weighted by Crippen LogP contribution is -2.27. The molecule has 0 bridgehead atoms. The van der Waals surface area contributed by atoms with Crippen molar-refractivity contribution in [2.45, 2.75) is 32.2 Å². The van der Waals surface area contributed by atoms with Gasteiger partial charge in [-0.05, 0) is 49.2 Å². The highest BCUT2D eigenvalue weighted by molar-refractivity contribution is 6.17. The highest BCUT2D eigenvalue weighted by Crippen LogP contribution is 2.25. The van der Waals surface area contributed by atoms with E-state index in [9.17, 15) is 4.79 Å². The zero-order valence-electron chi connectivity index (χ0n) is 12.6. The Hall–Kier alpha value is -1.74. The minimum atomic E-state index is -0.00679. The zero-order valence-corrected chi connectivity index (χ0v) is 13.4. The molecule has 1 aromatic heterocycles. The maximum atomic E-state index is 12.6. The van der Waals surface area contributed by atoms with Gasteiger partial charge >= 0.3 is 0 Å². The number of halogens is 1. The van der Waals surface area contributed by atoms with Crippen LogP contribution in [0.25, 0.3) is 11.3 Å². The van der Waals surface area contributed by atoms with Crippen molar-refractivity contribution < 1.29 is 4.74 Å². The van der Waals surface area contributed by atoms with Gasteiger partial charge in [0, 0.05) is 11.6 Å². The Balaban J connectivity index is 2.61. The average Bonchev–Trinajstić information content (AvgIpc) is 2.54. The number of pyridine rings is 1. The largest absolute Gasteiger partial charge is 0.497 e. The number of rotatable bonds is 5. The molecule has 0 aliphatic heterocycles. The molecule has 0 amide bonds. The van der Waals surface area contributed by atoms with Crippen molar-refractivity contribution in [3.63, 3.8) is 0 Å². The lowest BCUT2D eigenvalue weighted by Gasteiger charge is -2.20. The van der Waals surface area contributed by atoms with Gasteiger partial charge in [-0.1, -0.05) is 13.0 Å². The highest BCUT2D eigenvalue weighted by Gasteiger charge is 2.14. The van der Waals surface area contributed by atoms with E-state index in [1.807, 2.05) is 47.9 Å². The monoisotopic (exact) mass is 305 g/mol. The predicted octanol–water partition coefficient (Wildman–Crippen LogP) is 4.23. The van der Waals surface area contributed by atoms with E-state index in [0.29, 0.717) is 5.56 Å². The van der Waals surface area contributed by atoms with E-state index in [4.69, 9.17) is 16.3 Å². The number of hydrogen-bond donors (Lipinski definition) is 0. The quantitative estimate of drug-likeness (QED) is 0.774. The molecule has 0 saturated heterocycles. The van der Waals surface area contributed by atoms with E-state index in [1.54, 1.807) is 7.11 Å². The standard InChI is InChI=1S/C17H20ClNO2/c1-4-12(2)19-16(10-7-14(11-18)17(19)20)13-5-8-15(21-3)9-6-13/h5-10,12H,4,11H2,1-3H3. The molecule has 0 N–H and O–H groups in total. The third-order valence-corrected chi connectivity index (χ3v) is 4.04. The SMILES string of the molecule is CCC(C)n1c(-c2ccc(OC)cc2)ccc(CCl)c1=O. The third kappa shape index (κ3) is 3.13. The van der Waals surface area contributed by atoms with Gasteiger partial charge in [0.05, 0.1) is 18.7 Å². The second-order valence-corrected chi connectivity index (χ2v) is 5.31. The van der Waals surface area contributed by atoms with E-state index in [2.05, 4.69) is 6.92 Å². The van der Waals surface area contributed by atoms with E-state index in [-0.39, 0.29) is 17.5 Å². The minimum absolute atomic E-state index is 0.00679. The summed E-state index contributed by atoms with van der Waals surface area (Å²) in [6, 6.07) is 11.6. The Kier molecular flexibility index (Phi) is 5.07. The first-order valence-corrected chi connectivity index (χ1v) is 7.60. The number of alkyl halides is 1. The highest BCUT2D eigenvalue weighted by atomic mass is 35.5. The van der Waals surface area contributed by atoms with Crippen molar-refractivity contribution in [1.29, 1.82) is 0 Å². The number of hydrogen-bond acceptors (Lipinski definition) is 2. The number of ether oxygens (including phenoxy) is 1. The second kappa shape index (κ2) is 6.81. The molecular weight excluding hydrogens is 286 g/mol. The van der Waals surface area contributed by atoms with Gasteiger partial charge in [0.2, 0.25) is 0 Å². The van der Waals surface area contributed by atoms with Crippen LogP contribution in [0.1, 0.15) is 31.9 Å². The molecule has 1 heterocycles. The van der Waals surface area contributed by atoms with Gasteiger partial charge in [-0.2, -0.15) is 0 Å². The number of aromatic nitrogens is 1. The van der Waals surface area contributed by atoms with Gasteiger partial charge in [-0.25, -0.2) is 0 Å². The van der Waals surface area contributed by atoms with E-state index < -0.39 is 0 Å². The van der Waals surface area contributed by atoms with E-state index in [0.717, 1.165) is 23.4 Å². The fraction of sp³-hybridized carbons (Fsp3) is 0.353. The molecule has 1 unspecified atom stereocenters. The van der Waals surface area contributed by atoms with Crippen LogP contribution in [0, 0.1) is 0 Å². The number of nitrogens with zero attached hydrogens (tertiary/aromatic N) is 1. The summed E-state index contributed by atoms with van der Waals surface area (Å²) < 4.78 is 7.01. The van der Waals surface area contributed by atoms with Gasteiger partial charge in [0.25, 0.3) is 5.56 Å². The molecule has 21 heavy (non-hydrogen) atoms. The van der Waals surface area contributed by atoms with Crippen LogP contribution in [0.3, 0.4) is 0 Å². The van der Waals surface area contributed by atoms with Crippen LogP contribution in [0.15, 0.2) is 41.2 Å². The summed E-state index contributed by atoms with van der Waals surface area (Å²) in [7, 11) is 1.64. The summed E-state index contributed by atoms with van der Waals surface area (Å²) in [6.07, 6.45) is 0.884. The predicted molar refractivity (Wildman–Crippen MR) is 87.2 cm³/mol. The summed E-state index contributed by atoms with van der Waals surface area (Å²) in [4.78, 5) is 12.6. The van der Waals surface area contributed by atoms with Crippen molar-refractivity contribution >= 4 is 11.6 Å². The maximum absolute atomic E-state index is 12.6. The molecule has 1 aromatic carbocycles. The molecule has 0 aliphatic rings. The summed E-state index contributed by atoms with van der Waals surface area (Å²) in [5.41, 5.74) is 2.53. The van der Waals surface area contributed by atoms with Crippen LogP contribution in [0.5, 0.6) is 5.75 Å². The third-order valence-electron chi connectivity index (χ3n) is 3.76. The molecule has 0 spiro atoms. The van der Waals surface area contributed by atoms with Gasteiger partial charge in [-0.3, -0.25) is 4.79 Å². The lowest BCUT2D eigenvalue weighted by atomic mass is 10.1. The van der Waals surface area contributed by atoms with Crippen molar-refractivity contribution in [3.05, 3.63) is 52.3 Å². The fourth-order valence-electron chi connectivity index (χ4n) is 2.31. The molecule has 3 nitrogen and oxygen atoms in total. The number of methoxy groups -OCH3 is 1. The summed E-state index contributed by atoms with van der Waals surface area (Å²) >= 11 is 5.86. The van der Waals surface area contributed by atoms with Crippen LogP contribution in [-0.2, 0) is 5.88 Å². The Labute approximate surface area is 130 Å². The molecule has 0 saturated carbocycles. The number of benzene rings is 1. The Morgan fingerprint density at radius 3 is 2.38 bits per heavy atom. The first-order valence-electron chi connectivity index (χ1n) is 7.07. The first kappa shape index (κ1) is 15.6. The lowest BCUT2D eigenvalue weighted by molar-refractivity contribution is 0.415. The van der Waals surface area contributed by atoms with E-state index >= 15 is 0 Å². The molecule has 4 heteroatoms. The normalized spacial score (nSPS) is 12.2. The van der Waals surface area contributed by atoms with E-state index in [1.165, 1.54) is 0 Å². The Morgan fingerprint density at radius 1 is 1.19 bits per heavy atom. The van der Waals surface area contributed by atoms with Gasteiger partial charge in [0.1, 0.15) is 5.75 Å². The van der Waals surface area contributed by atoms with Crippen LogP contribution >= 0.6 is 11.6 Å². The van der Waals surface area contributed by atoms with Crippen LogP contribution in [0.4, 0.5) is 0 Å². The average molecular weight is 306 g/mol. The van der Waals surface area contributed by atoms with Gasteiger partial charge in [-0.15, -0.1) is 11.6 Å². The molecule has 0 radical (unpaired) electrons. The second-order valence-electron chi connectivity index (χ2n) is 5.04. The van der Waals surface area contributed by atoms with Crippen LogP contribution < -0.4 is 10.3 Å². The topological polar surface area (TPSA) is 31.2 Å². The van der Waals surface area contributed by atoms with Crippen molar-refractivity contribution in [3.8, 4) is 17.0 Å². The maximum Gasteiger partial charge on any atom is 0.255 e. The molecule has 0 fully saturated rings. The van der Waals surface area contributed by atoms with Crippen LogP contribution in [0.2, 0.25) is 0 Å². The zero-order chi connectivity index (χ0) is 15.4. The summed E-state index contributed by atoms with van der Waals surface area (Å²) in [5, 5.41) is 0. The molecule has 1 atom stereocenters. The molecule has 2 aromatic rings. The van der Waals surface area contributed by atoms with Crippen molar-refractivity contribution in [2.75, 3.05) is 7.11 Å². The molecule has 2 rings (SSSR count). The minimum Gasteiger partial charge on any atom is -0.497 e.